The summed E-state index contributed by atoms with van der Waals surface area (Å²) >= 11 is 3.39. The molecule has 0 atom stereocenters. The van der Waals surface area contributed by atoms with Crippen molar-refractivity contribution in [2.75, 3.05) is 0 Å². The van der Waals surface area contributed by atoms with E-state index in [2.05, 4.69) is 32.8 Å². The lowest BCUT2D eigenvalue weighted by Gasteiger charge is -2.06. The Morgan fingerprint density at radius 2 is 2.33 bits per heavy atom. The van der Waals surface area contributed by atoms with E-state index in [1.165, 1.54) is 12.8 Å². The molecule has 3 heteroatoms. The van der Waals surface area contributed by atoms with Gasteiger partial charge in [0.1, 0.15) is 5.82 Å². The summed E-state index contributed by atoms with van der Waals surface area (Å²) in [5.41, 5.74) is 1.37. The van der Waals surface area contributed by atoms with Crippen molar-refractivity contribution in [3.63, 3.8) is 0 Å². The van der Waals surface area contributed by atoms with Crippen molar-refractivity contribution in [2.24, 2.45) is 0 Å². The Bertz CT molecular complexity index is 294. The smallest absolute Gasteiger partial charge is 0.134 e. The van der Waals surface area contributed by atoms with E-state index in [1.807, 2.05) is 12.3 Å². The van der Waals surface area contributed by atoms with Gasteiger partial charge in [-0.1, -0.05) is 22.9 Å². The molecule has 64 valence electrons. The van der Waals surface area contributed by atoms with Crippen molar-refractivity contribution >= 4 is 15.9 Å². The minimum absolute atomic E-state index is 0.290. The average Bonchev–Trinajstić information content (AvgIpc) is 2.85. The highest BCUT2D eigenvalue weighted by molar-refractivity contribution is 9.08. The fraction of sp³-hybridized carbons (Fsp3) is 0.556. The van der Waals surface area contributed by atoms with Gasteiger partial charge in [0.2, 0.25) is 0 Å². The number of hydrogen-bond donors (Lipinski definition) is 0. The molecule has 0 aliphatic heterocycles. The summed E-state index contributed by atoms with van der Waals surface area (Å²) in [6.45, 7) is 2.22. The quantitative estimate of drug-likeness (QED) is 0.725. The number of aromatic nitrogens is 2. The number of nitrogens with zero attached hydrogens (tertiary/aromatic N) is 2. The molecule has 12 heavy (non-hydrogen) atoms. The van der Waals surface area contributed by atoms with Gasteiger partial charge < -0.3 is 0 Å². The summed E-state index contributed by atoms with van der Waals surface area (Å²) in [6.07, 6.45) is 4.32. The van der Waals surface area contributed by atoms with Crippen molar-refractivity contribution in [2.45, 2.75) is 30.5 Å². The zero-order valence-electron chi connectivity index (χ0n) is 7.05. The van der Waals surface area contributed by atoms with Crippen LogP contribution in [-0.4, -0.2) is 9.97 Å². The SMILES string of the molecule is CC1(c2nccc(CBr)n2)CC1. The molecule has 0 radical (unpaired) electrons. The summed E-state index contributed by atoms with van der Waals surface area (Å²) in [5.74, 6) is 1.01. The Morgan fingerprint density at radius 3 is 2.92 bits per heavy atom. The molecule has 1 aliphatic rings. The predicted molar refractivity (Wildman–Crippen MR) is 51.2 cm³/mol. The molecule has 1 aliphatic carbocycles. The van der Waals surface area contributed by atoms with Gasteiger partial charge in [-0.25, -0.2) is 9.97 Å². The van der Waals surface area contributed by atoms with Crippen molar-refractivity contribution in [3.8, 4) is 0 Å². The van der Waals surface area contributed by atoms with Crippen molar-refractivity contribution in [3.05, 3.63) is 23.8 Å². The summed E-state index contributed by atoms with van der Waals surface area (Å²) in [5, 5.41) is 0.818. The maximum Gasteiger partial charge on any atom is 0.134 e. The molecule has 2 nitrogen and oxygen atoms in total. The fourth-order valence-electron chi connectivity index (χ4n) is 1.17. The van der Waals surface area contributed by atoms with Gasteiger partial charge in [0.05, 0.1) is 5.69 Å². The van der Waals surface area contributed by atoms with Gasteiger partial charge in [0, 0.05) is 16.9 Å². The lowest BCUT2D eigenvalue weighted by molar-refractivity contribution is 0.702. The third kappa shape index (κ3) is 1.38. The van der Waals surface area contributed by atoms with E-state index >= 15 is 0 Å². The van der Waals surface area contributed by atoms with E-state index in [4.69, 9.17) is 0 Å². The molecule has 1 saturated carbocycles. The van der Waals surface area contributed by atoms with Crippen LogP contribution in [-0.2, 0) is 10.7 Å². The second-order valence-electron chi connectivity index (χ2n) is 3.57. The molecule has 0 spiro atoms. The molecular formula is C9H11BrN2. The first kappa shape index (κ1) is 8.17. The second-order valence-corrected chi connectivity index (χ2v) is 4.13. The number of halogens is 1. The summed E-state index contributed by atoms with van der Waals surface area (Å²) in [6, 6.07) is 1.95. The molecular weight excluding hydrogens is 216 g/mol. The van der Waals surface area contributed by atoms with Gasteiger partial charge in [-0.3, -0.25) is 0 Å². The fourth-order valence-corrected chi connectivity index (χ4v) is 1.48. The first-order chi connectivity index (χ1) is 5.74. The topological polar surface area (TPSA) is 25.8 Å². The van der Waals surface area contributed by atoms with Crippen LogP contribution in [0.2, 0.25) is 0 Å². The van der Waals surface area contributed by atoms with Crippen LogP contribution in [0.4, 0.5) is 0 Å². The highest BCUT2D eigenvalue weighted by Gasteiger charge is 2.41. The van der Waals surface area contributed by atoms with E-state index in [1.54, 1.807) is 0 Å². The Labute approximate surface area is 80.6 Å². The standard InChI is InChI=1S/C9H11BrN2/c1-9(3-4-9)8-11-5-2-7(6-10)12-8/h2,5H,3-4,6H2,1H3. The zero-order chi connectivity index (χ0) is 8.60. The van der Waals surface area contributed by atoms with Crippen LogP contribution in [0.1, 0.15) is 31.3 Å². The van der Waals surface area contributed by atoms with Crippen LogP contribution in [0.3, 0.4) is 0 Å². The lowest BCUT2D eigenvalue weighted by atomic mass is 10.1. The molecule has 1 aromatic rings. The number of alkyl halides is 1. The van der Waals surface area contributed by atoms with Crippen LogP contribution in [0.25, 0.3) is 0 Å². The molecule has 1 heterocycles. The Kier molecular flexibility index (Phi) is 1.91. The maximum atomic E-state index is 4.47. The molecule has 0 bridgehead atoms. The molecule has 1 aromatic heterocycles. The molecule has 1 fully saturated rings. The normalized spacial score (nSPS) is 19.2. The van der Waals surface area contributed by atoms with Gasteiger partial charge in [0.25, 0.3) is 0 Å². The molecule has 0 aromatic carbocycles. The van der Waals surface area contributed by atoms with Crippen LogP contribution in [0, 0.1) is 0 Å². The highest BCUT2D eigenvalue weighted by Crippen LogP contribution is 2.45. The maximum absolute atomic E-state index is 4.47. The van der Waals surface area contributed by atoms with Gasteiger partial charge in [-0.15, -0.1) is 0 Å². The minimum Gasteiger partial charge on any atom is -0.241 e. The van der Waals surface area contributed by atoms with Gasteiger partial charge >= 0.3 is 0 Å². The molecule has 0 amide bonds. The van der Waals surface area contributed by atoms with Crippen LogP contribution in [0.15, 0.2) is 12.3 Å². The number of rotatable bonds is 2. The monoisotopic (exact) mass is 226 g/mol. The minimum atomic E-state index is 0.290. The molecule has 0 saturated heterocycles. The zero-order valence-corrected chi connectivity index (χ0v) is 8.63. The third-order valence-electron chi connectivity index (χ3n) is 2.39. The van der Waals surface area contributed by atoms with E-state index in [-0.39, 0.29) is 5.41 Å². The summed E-state index contributed by atoms with van der Waals surface area (Å²) < 4.78 is 0. The lowest BCUT2D eigenvalue weighted by Crippen LogP contribution is -2.07. The average molecular weight is 227 g/mol. The largest absolute Gasteiger partial charge is 0.241 e. The molecule has 0 N–H and O–H groups in total. The van der Waals surface area contributed by atoms with E-state index in [9.17, 15) is 0 Å². The van der Waals surface area contributed by atoms with Crippen LogP contribution >= 0.6 is 15.9 Å². The van der Waals surface area contributed by atoms with Crippen LogP contribution in [0.5, 0.6) is 0 Å². The first-order valence-electron chi connectivity index (χ1n) is 4.13. The Morgan fingerprint density at radius 1 is 1.58 bits per heavy atom. The summed E-state index contributed by atoms with van der Waals surface area (Å²) in [4.78, 5) is 8.76. The molecule has 2 rings (SSSR count). The Balaban J connectivity index is 2.32. The van der Waals surface area contributed by atoms with E-state index in [0.717, 1.165) is 16.8 Å². The number of hydrogen-bond acceptors (Lipinski definition) is 2. The van der Waals surface area contributed by atoms with E-state index in [0.29, 0.717) is 0 Å². The van der Waals surface area contributed by atoms with Gasteiger partial charge in [-0.2, -0.15) is 0 Å². The van der Waals surface area contributed by atoms with Crippen molar-refractivity contribution in [1.29, 1.82) is 0 Å². The third-order valence-corrected chi connectivity index (χ3v) is 2.96. The van der Waals surface area contributed by atoms with Gasteiger partial charge in [0.15, 0.2) is 0 Å². The Hall–Kier alpha value is -0.440. The summed E-state index contributed by atoms with van der Waals surface area (Å²) in [7, 11) is 0. The molecule has 0 unspecified atom stereocenters. The second kappa shape index (κ2) is 2.80. The first-order valence-corrected chi connectivity index (χ1v) is 5.25. The van der Waals surface area contributed by atoms with Gasteiger partial charge in [-0.05, 0) is 18.9 Å². The predicted octanol–water partition coefficient (Wildman–Crippen LogP) is 2.42. The van der Waals surface area contributed by atoms with Crippen LogP contribution < -0.4 is 0 Å². The van der Waals surface area contributed by atoms with E-state index < -0.39 is 0 Å². The van der Waals surface area contributed by atoms with Crippen molar-refractivity contribution in [1.82, 2.24) is 9.97 Å². The van der Waals surface area contributed by atoms with Crippen molar-refractivity contribution < 1.29 is 0 Å². The highest BCUT2D eigenvalue weighted by atomic mass is 79.9.